The number of amides is 2. The van der Waals surface area contributed by atoms with Gasteiger partial charge in [-0.05, 0) is 65.3 Å². The Balaban J connectivity index is 1.56. The van der Waals surface area contributed by atoms with Crippen LogP contribution in [0.5, 0.6) is 0 Å². The van der Waals surface area contributed by atoms with Gasteiger partial charge in [0.1, 0.15) is 0 Å². The molecule has 0 saturated heterocycles. The van der Waals surface area contributed by atoms with E-state index in [-0.39, 0.29) is 6.03 Å². The number of pyridine rings is 1. The molecule has 2 amide bonds. The van der Waals surface area contributed by atoms with Crippen LogP contribution in [0.1, 0.15) is 16.7 Å². The third-order valence-corrected chi connectivity index (χ3v) is 5.62. The van der Waals surface area contributed by atoms with Crippen molar-refractivity contribution >= 4 is 34.1 Å². The number of hydrogen-bond donors (Lipinski definition) is 2. The van der Waals surface area contributed by atoms with Gasteiger partial charge in [0, 0.05) is 35.0 Å². The van der Waals surface area contributed by atoms with Gasteiger partial charge in [-0.1, -0.05) is 54.1 Å². The first-order valence-electron chi connectivity index (χ1n) is 9.75. The molecule has 0 atom stereocenters. The largest absolute Gasteiger partial charge is 0.334 e. The number of carbonyl (C=O) groups excluding carboxylic acids is 1. The van der Waals surface area contributed by atoms with Gasteiger partial charge in [-0.3, -0.25) is 4.98 Å². The average molecular weight is 416 g/mol. The second-order valence-electron chi connectivity index (χ2n) is 7.28. The van der Waals surface area contributed by atoms with Crippen molar-refractivity contribution in [1.29, 1.82) is 0 Å². The number of anilines is 1. The summed E-state index contributed by atoms with van der Waals surface area (Å²) in [7, 11) is 0. The lowest BCUT2D eigenvalue weighted by Crippen LogP contribution is -2.28. The number of benzene rings is 3. The number of urea groups is 1. The Hall–Kier alpha value is -3.37. The molecule has 5 heteroatoms. The molecule has 3 aromatic carbocycles. The topological polar surface area (TPSA) is 54.0 Å². The number of nitrogens with one attached hydrogen (secondary N) is 2. The molecule has 0 aliphatic rings. The first-order valence-corrected chi connectivity index (χ1v) is 10.1. The molecule has 0 aliphatic carbocycles. The van der Waals surface area contributed by atoms with Crippen molar-refractivity contribution in [3.8, 4) is 11.1 Å². The highest BCUT2D eigenvalue weighted by atomic mass is 35.5. The van der Waals surface area contributed by atoms with Crippen molar-refractivity contribution < 1.29 is 4.79 Å². The summed E-state index contributed by atoms with van der Waals surface area (Å²) in [5.41, 5.74) is 6.21. The first kappa shape index (κ1) is 19.9. The fourth-order valence-corrected chi connectivity index (χ4v) is 3.71. The number of aryl methyl sites for hydroxylation is 2. The average Bonchev–Trinajstić information content (AvgIpc) is 2.75. The van der Waals surface area contributed by atoms with Crippen molar-refractivity contribution in [1.82, 2.24) is 10.3 Å². The van der Waals surface area contributed by atoms with Crippen LogP contribution in [0.25, 0.3) is 21.9 Å². The molecule has 0 aliphatic heterocycles. The number of rotatable bonds is 4. The van der Waals surface area contributed by atoms with Gasteiger partial charge in [-0.25, -0.2) is 4.79 Å². The number of halogens is 1. The summed E-state index contributed by atoms with van der Waals surface area (Å²) < 4.78 is 0. The van der Waals surface area contributed by atoms with Gasteiger partial charge >= 0.3 is 6.03 Å². The normalized spacial score (nSPS) is 10.8. The zero-order valence-corrected chi connectivity index (χ0v) is 17.6. The maximum Gasteiger partial charge on any atom is 0.319 e. The molecule has 4 rings (SSSR count). The number of hydrogen-bond acceptors (Lipinski definition) is 2. The van der Waals surface area contributed by atoms with E-state index in [1.807, 2.05) is 43.5 Å². The minimum absolute atomic E-state index is 0.282. The van der Waals surface area contributed by atoms with Crippen LogP contribution in [0.2, 0.25) is 5.02 Å². The summed E-state index contributed by atoms with van der Waals surface area (Å²) in [6.07, 6.45) is 3.65. The summed E-state index contributed by atoms with van der Waals surface area (Å²) >= 11 is 6.13. The van der Waals surface area contributed by atoms with E-state index in [4.69, 9.17) is 11.6 Å². The Morgan fingerprint density at radius 3 is 2.57 bits per heavy atom. The zero-order valence-electron chi connectivity index (χ0n) is 16.9. The lowest BCUT2D eigenvalue weighted by molar-refractivity contribution is 0.252. The third kappa shape index (κ3) is 4.14. The van der Waals surface area contributed by atoms with Gasteiger partial charge in [0.25, 0.3) is 0 Å². The smallest absolute Gasteiger partial charge is 0.319 e. The number of nitrogens with zero attached hydrogens (tertiary/aromatic N) is 1. The van der Waals surface area contributed by atoms with Crippen molar-refractivity contribution in [3.63, 3.8) is 0 Å². The second kappa shape index (κ2) is 8.56. The molecule has 1 heterocycles. The van der Waals surface area contributed by atoms with Crippen molar-refractivity contribution in [2.75, 3.05) is 5.32 Å². The van der Waals surface area contributed by atoms with Gasteiger partial charge in [-0.15, -0.1) is 0 Å². The molecule has 0 unspecified atom stereocenters. The molecular weight excluding hydrogens is 394 g/mol. The van der Waals surface area contributed by atoms with Crippen LogP contribution in [0.3, 0.4) is 0 Å². The molecule has 4 aromatic rings. The van der Waals surface area contributed by atoms with Crippen molar-refractivity contribution in [2.24, 2.45) is 0 Å². The van der Waals surface area contributed by atoms with Gasteiger partial charge in [-0.2, -0.15) is 0 Å². The summed E-state index contributed by atoms with van der Waals surface area (Å²) in [5, 5.41) is 8.51. The third-order valence-electron chi connectivity index (χ3n) is 5.21. The Morgan fingerprint density at radius 2 is 1.77 bits per heavy atom. The van der Waals surface area contributed by atoms with Crippen molar-refractivity contribution in [3.05, 3.63) is 94.8 Å². The highest BCUT2D eigenvalue weighted by Crippen LogP contribution is 2.32. The van der Waals surface area contributed by atoms with Gasteiger partial charge in [0.05, 0.1) is 0 Å². The van der Waals surface area contributed by atoms with Gasteiger partial charge in [0.2, 0.25) is 0 Å². The van der Waals surface area contributed by atoms with Crippen LogP contribution < -0.4 is 10.6 Å². The highest BCUT2D eigenvalue weighted by Gasteiger charge is 2.11. The molecule has 0 saturated carbocycles. The van der Waals surface area contributed by atoms with E-state index in [9.17, 15) is 4.79 Å². The number of fused-ring (bicyclic) bond motifs is 1. The minimum atomic E-state index is -0.282. The summed E-state index contributed by atoms with van der Waals surface area (Å²) in [5.74, 6) is 0. The molecule has 1 aromatic heterocycles. The molecule has 4 nitrogen and oxygen atoms in total. The van der Waals surface area contributed by atoms with E-state index in [1.54, 1.807) is 12.3 Å². The molecular formula is C25H22ClN3O. The Bertz CT molecular complexity index is 1240. The predicted octanol–water partition coefficient (Wildman–Crippen LogP) is 6.49. The maximum absolute atomic E-state index is 12.4. The Morgan fingerprint density at radius 1 is 0.933 bits per heavy atom. The van der Waals surface area contributed by atoms with Gasteiger partial charge in [0.15, 0.2) is 0 Å². The maximum atomic E-state index is 12.4. The first-order chi connectivity index (χ1) is 14.5. The number of aromatic nitrogens is 1. The molecule has 0 spiro atoms. The molecule has 2 N–H and O–H groups in total. The van der Waals surface area contributed by atoms with E-state index in [0.29, 0.717) is 17.3 Å². The van der Waals surface area contributed by atoms with Crippen LogP contribution in [0.15, 0.2) is 73.1 Å². The molecule has 150 valence electrons. The standard InChI is InChI=1S/C25H22ClN3O/c1-16-5-3-4-6-20(16)21-10-8-18(23-15-27-12-11-22(21)23)14-28-25(30)29-19-9-7-17(2)24(26)13-19/h3-13,15H,14H2,1-2H3,(H2,28,29,30). The van der Waals surface area contributed by atoms with E-state index >= 15 is 0 Å². The Kier molecular flexibility index (Phi) is 5.68. The van der Waals surface area contributed by atoms with Crippen LogP contribution in [0, 0.1) is 13.8 Å². The highest BCUT2D eigenvalue weighted by molar-refractivity contribution is 6.31. The van der Waals surface area contributed by atoms with Crippen molar-refractivity contribution in [2.45, 2.75) is 20.4 Å². The zero-order chi connectivity index (χ0) is 21.1. The summed E-state index contributed by atoms with van der Waals surface area (Å²) in [6, 6.07) is 19.7. The molecule has 0 radical (unpaired) electrons. The Labute approximate surface area is 180 Å². The minimum Gasteiger partial charge on any atom is -0.334 e. The van der Waals surface area contributed by atoms with E-state index in [2.05, 4.69) is 46.8 Å². The monoisotopic (exact) mass is 415 g/mol. The quantitative estimate of drug-likeness (QED) is 0.400. The fourth-order valence-electron chi connectivity index (χ4n) is 3.53. The summed E-state index contributed by atoms with van der Waals surface area (Å²) in [6.45, 7) is 4.42. The van der Waals surface area contributed by atoms with Crippen LogP contribution in [-0.2, 0) is 6.54 Å². The van der Waals surface area contributed by atoms with E-state index in [1.165, 1.54) is 11.1 Å². The van der Waals surface area contributed by atoms with Crippen LogP contribution in [-0.4, -0.2) is 11.0 Å². The molecule has 0 bridgehead atoms. The number of carbonyl (C=O) groups is 1. The van der Waals surface area contributed by atoms with Crippen LogP contribution in [0.4, 0.5) is 10.5 Å². The predicted molar refractivity (Wildman–Crippen MR) is 124 cm³/mol. The SMILES string of the molecule is Cc1ccc(NC(=O)NCc2ccc(-c3ccccc3C)c3ccncc23)cc1Cl. The fraction of sp³-hybridized carbons (Fsp3) is 0.120. The summed E-state index contributed by atoms with van der Waals surface area (Å²) in [4.78, 5) is 16.7. The van der Waals surface area contributed by atoms with Gasteiger partial charge < -0.3 is 10.6 Å². The molecule has 30 heavy (non-hydrogen) atoms. The lowest BCUT2D eigenvalue weighted by Gasteiger charge is -2.14. The second-order valence-corrected chi connectivity index (χ2v) is 7.69. The lowest BCUT2D eigenvalue weighted by atomic mass is 9.94. The van der Waals surface area contributed by atoms with E-state index in [0.717, 1.165) is 27.5 Å². The van der Waals surface area contributed by atoms with E-state index < -0.39 is 0 Å². The van der Waals surface area contributed by atoms with Crippen LogP contribution >= 0.6 is 11.6 Å². The molecule has 0 fully saturated rings.